The molecule has 5 rings (SSSR count). The van der Waals surface area contributed by atoms with E-state index in [1.54, 1.807) is 0 Å². The van der Waals surface area contributed by atoms with Gasteiger partial charge in [0, 0.05) is 33.8 Å². The lowest BCUT2D eigenvalue weighted by molar-refractivity contribution is -0.140. The molecule has 2 aliphatic rings. The van der Waals surface area contributed by atoms with E-state index < -0.39 is 11.9 Å². The van der Waals surface area contributed by atoms with Gasteiger partial charge in [-0.3, -0.25) is 4.79 Å². The molecule has 0 saturated carbocycles. The fourth-order valence-corrected chi connectivity index (χ4v) is 5.51. The molecule has 3 aromatic carbocycles. The number of rotatable bonds is 5. The van der Waals surface area contributed by atoms with Crippen molar-refractivity contribution in [3.8, 4) is 0 Å². The Labute approximate surface area is 213 Å². The molecule has 1 aliphatic carbocycles. The Bertz CT molecular complexity index is 1330. The van der Waals surface area contributed by atoms with Crippen LogP contribution in [0, 0.1) is 0 Å². The molecular weight excluding hydrogens is 502 g/mol. The smallest absolute Gasteiger partial charge is 0.337 e. The van der Waals surface area contributed by atoms with Crippen LogP contribution in [0.1, 0.15) is 48.3 Å². The average Bonchev–Trinajstić information content (AvgIpc) is 2.87. The minimum Gasteiger partial charge on any atom is -0.457 e. The maximum absolute atomic E-state index is 13.7. The number of ether oxygens (including phenoxy) is 1. The summed E-state index contributed by atoms with van der Waals surface area (Å²) in [6.07, 6.45) is 1.14. The van der Waals surface area contributed by atoms with E-state index in [1.165, 1.54) is 0 Å². The van der Waals surface area contributed by atoms with Gasteiger partial charge in [-0.05, 0) is 48.1 Å². The maximum atomic E-state index is 13.7. The summed E-state index contributed by atoms with van der Waals surface area (Å²) < 4.78 is 6.64. The zero-order valence-corrected chi connectivity index (χ0v) is 21.0. The van der Waals surface area contributed by atoms with Crippen molar-refractivity contribution in [2.24, 2.45) is 0 Å². The van der Waals surface area contributed by atoms with Crippen molar-refractivity contribution >= 4 is 27.7 Å². The molecule has 1 aliphatic heterocycles. The summed E-state index contributed by atoms with van der Waals surface area (Å²) in [5.74, 6) is -0.708. The molecule has 1 heterocycles. The summed E-state index contributed by atoms with van der Waals surface area (Å²) in [6, 6.07) is 27.6. The fraction of sp³-hybridized carbons (Fsp3) is 0.200. The third-order valence-corrected chi connectivity index (χ3v) is 7.21. The summed E-state index contributed by atoms with van der Waals surface area (Å²) in [6.45, 7) is 2.07. The Kier molecular flexibility index (Phi) is 6.69. The largest absolute Gasteiger partial charge is 0.457 e. The number of dihydropyridines is 1. The summed E-state index contributed by atoms with van der Waals surface area (Å²) in [5.41, 5.74) is 5.76. The summed E-state index contributed by atoms with van der Waals surface area (Å²) >= 11 is 3.56. The van der Waals surface area contributed by atoms with Crippen LogP contribution in [0.25, 0.3) is 0 Å². The van der Waals surface area contributed by atoms with Gasteiger partial charge in [-0.2, -0.15) is 0 Å². The van der Waals surface area contributed by atoms with Crippen molar-refractivity contribution in [2.45, 2.75) is 38.2 Å². The number of carbonyl (C=O) groups is 2. The van der Waals surface area contributed by atoms with Gasteiger partial charge in [0.1, 0.15) is 6.61 Å². The van der Waals surface area contributed by atoms with E-state index in [0.29, 0.717) is 17.6 Å². The molecule has 0 saturated heterocycles. The predicted octanol–water partition coefficient (Wildman–Crippen LogP) is 6.55. The van der Waals surface area contributed by atoms with Crippen molar-refractivity contribution in [3.05, 3.63) is 129 Å². The maximum Gasteiger partial charge on any atom is 0.337 e. The van der Waals surface area contributed by atoms with Crippen LogP contribution >= 0.6 is 15.9 Å². The molecule has 0 spiro atoms. The van der Waals surface area contributed by atoms with Gasteiger partial charge in [0.05, 0.1) is 5.57 Å². The molecular formula is C30H26BrNO3. The van der Waals surface area contributed by atoms with Crippen LogP contribution in [0.2, 0.25) is 0 Å². The molecule has 4 nitrogen and oxygen atoms in total. The van der Waals surface area contributed by atoms with Crippen LogP contribution in [-0.2, 0) is 20.9 Å². The zero-order chi connectivity index (χ0) is 24.4. The van der Waals surface area contributed by atoms with Crippen LogP contribution in [-0.4, -0.2) is 11.8 Å². The lowest BCUT2D eigenvalue weighted by Gasteiger charge is -2.36. The monoisotopic (exact) mass is 527 g/mol. The molecule has 0 aromatic heterocycles. The molecule has 0 radical (unpaired) electrons. The van der Waals surface area contributed by atoms with E-state index in [2.05, 4.69) is 33.4 Å². The third-order valence-electron chi connectivity index (χ3n) is 6.71. The van der Waals surface area contributed by atoms with Crippen molar-refractivity contribution < 1.29 is 14.3 Å². The Hall–Kier alpha value is -3.44. The Morgan fingerprint density at radius 3 is 2.34 bits per heavy atom. The molecule has 2 atom stereocenters. The number of nitrogens with one attached hydrogen (secondary N) is 1. The van der Waals surface area contributed by atoms with Crippen molar-refractivity contribution in [3.63, 3.8) is 0 Å². The second kappa shape index (κ2) is 10.0. The van der Waals surface area contributed by atoms with E-state index in [0.717, 1.165) is 39.0 Å². The van der Waals surface area contributed by atoms with Crippen LogP contribution in [0.15, 0.2) is 112 Å². The highest BCUT2D eigenvalue weighted by molar-refractivity contribution is 9.10. The summed E-state index contributed by atoms with van der Waals surface area (Å²) in [7, 11) is 0. The van der Waals surface area contributed by atoms with Crippen molar-refractivity contribution in [1.29, 1.82) is 0 Å². The normalized spacial score (nSPS) is 19.8. The minimum atomic E-state index is -0.476. The number of hydrogen-bond acceptors (Lipinski definition) is 4. The summed E-state index contributed by atoms with van der Waals surface area (Å²) in [4.78, 5) is 27.1. The number of benzene rings is 3. The third kappa shape index (κ3) is 4.87. The average molecular weight is 528 g/mol. The van der Waals surface area contributed by atoms with E-state index in [1.807, 2.05) is 79.7 Å². The molecule has 176 valence electrons. The Morgan fingerprint density at radius 2 is 1.63 bits per heavy atom. The lowest BCUT2D eigenvalue weighted by Crippen LogP contribution is -2.36. The van der Waals surface area contributed by atoms with Crippen LogP contribution in [0.5, 0.6) is 0 Å². The predicted molar refractivity (Wildman–Crippen MR) is 139 cm³/mol. The van der Waals surface area contributed by atoms with Gasteiger partial charge >= 0.3 is 5.97 Å². The first-order chi connectivity index (χ1) is 17.0. The zero-order valence-electron chi connectivity index (χ0n) is 19.5. The first-order valence-electron chi connectivity index (χ1n) is 11.8. The van der Waals surface area contributed by atoms with Gasteiger partial charge in [0.25, 0.3) is 0 Å². The highest BCUT2D eigenvalue weighted by Crippen LogP contribution is 2.46. The lowest BCUT2D eigenvalue weighted by atomic mass is 9.72. The minimum absolute atomic E-state index is 0.0680. The molecule has 35 heavy (non-hydrogen) atoms. The van der Waals surface area contributed by atoms with Gasteiger partial charge < -0.3 is 10.1 Å². The molecule has 3 aromatic rings. The molecule has 0 unspecified atom stereocenters. The van der Waals surface area contributed by atoms with E-state index in [4.69, 9.17) is 4.74 Å². The quantitative estimate of drug-likeness (QED) is 0.382. The fourth-order valence-electron chi connectivity index (χ4n) is 5.09. The number of halogens is 1. The first-order valence-corrected chi connectivity index (χ1v) is 12.6. The van der Waals surface area contributed by atoms with Crippen LogP contribution < -0.4 is 5.32 Å². The number of esters is 1. The SMILES string of the molecule is CC1=C(C(=O)OCc2ccccc2)[C@H](c2cccc(Br)c2)C2=C(C[C@H](c3ccccc3)CC2=O)N1. The van der Waals surface area contributed by atoms with E-state index in [-0.39, 0.29) is 18.3 Å². The highest BCUT2D eigenvalue weighted by Gasteiger charge is 2.41. The van der Waals surface area contributed by atoms with Crippen molar-refractivity contribution in [2.75, 3.05) is 0 Å². The van der Waals surface area contributed by atoms with E-state index in [9.17, 15) is 9.59 Å². The standard InChI is InChI=1S/C30H26BrNO3/c1-19-27(30(34)35-18-20-9-4-2-5-10-20)28(22-13-8-14-24(31)15-22)29-25(32-19)16-23(17-26(29)33)21-11-6-3-7-12-21/h2-15,23,28,32H,16-18H2,1H3/t23-,28-/m0/s1. The highest BCUT2D eigenvalue weighted by atomic mass is 79.9. The second-order valence-electron chi connectivity index (χ2n) is 9.04. The molecule has 0 bridgehead atoms. The Morgan fingerprint density at radius 1 is 0.943 bits per heavy atom. The topological polar surface area (TPSA) is 55.4 Å². The van der Waals surface area contributed by atoms with E-state index >= 15 is 0 Å². The number of hydrogen-bond donors (Lipinski definition) is 1. The number of carbonyl (C=O) groups excluding carboxylic acids is 2. The molecule has 1 N–H and O–H groups in total. The van der Waals surface area contributed by atoms with Crippen LogP contribution in [0.4, 0.5) is 0 Å². The number of allylic oxidation sites excluding steroid dienone is 3. The van der Waals surface area contributed by atoms with Gasteiger partial charge in [0.15, 0.2) is 5.78 Å². The number of Topliss-reactive ketones (excluding diaryl/α,β-unsaturated/α-hetero) is 1. The van der Waals surface area contributed by atoms with Crippen molar-refractivity contribution in [1.82, 2.24) is 5.32 Å². The second-order valence-corrected chi connectivity index (χ2v) is 9.96. The molecule has 0 fully saturated rings. The van der Waals surface area contributed by atoms with Gasteiger partial charge in [-0.15, -0.1) is 0 Å². The number of ketones is 1. The van der Waals surface area contributed by atoms with Gasteiger partial charge in [0.2, 0.25) is 0 Å². The Balaban J connectivity index is 1.52. The molecule has 5 heteroatoms. The van der Waals surface area contributed by atoms with Gasteiger partial charge in [-0.25, -0.2) is 4.79 Å². The van der Waals surface area contributed by atoms with Crippen LogP contribution in [0.3, 0.4) is 0 Å². The molecule has 0 amide bonds. The first kappa shape index (κ1) is 23.3. The van der Waals surface area contributed by atoms with Gasteiger partial charge in [-0.1, -0.05) is 88.7 Å². The summed E-state index contributed by atoms with van der Waals surface area (Å²) in [5, 5.41) is 3.42.